The molecule has 0 saturated carbocycles. The Kier molecular flexibility index (Phi) is 6.13. The van der Waals surface area contributed by atoms with Crippen LogP contribution in [-0.2, 0) is 0 Å². The van der Waals surface area contributed by atoms with Crippen molar-refractivity contribution in [1.29, 1.82) is 0 Å². The number of ether oxygens (including phenoxy) is 1. The third kappa shape index (κ3) is 5.05. The van der Waals surface area contributed by atoms with Gasteiger partial charge in [0.05, 0.1) is 6.10 Å². The van der Waals surface area contributed by atoms with Crippen LogP contribution in [0.4, 0.5) is 4.39 Å². The molecule has 0 heterocycles. The van der Waals surface area contributed by atoms with Crippen molar-refractivity contribution >= 4 is 0 Å². The highest BCUT2D eigenvalue weighted by molar-refractivity contribution is 5.32. The Labute approximate surface area is 110 Å². The van der Waals surface area contributed by atoms with Crippen molar-refractivity contribution < 1.29 is 9.13 Å². The van der Waals surface area contributed by atoms with Gasteiger partial charge in [0.25, 0.3) is 0 Å². The van der Waals surface area contributed by atoms with Gasteiger partial charge < -0.3 is 10.1 Å². The van der Waals surface area contributed by atoms with Gasteiger partial charge >= 0.3 is 0 Å². The average Bonchev–Trinajstić information content (AvgIpc) is 2.30. The molecule has 2 atom stereocenters. The van der Waals surface area contributed by atoms with Gasteiger partial charge in [0.2, 0.25) is 0 Å². The van der Waals surface area contributed by atoms with Crippen molar-refractivity contribution in [3.8, 4) is 5.75 Å². The van der Waals surface area contributed by atoms with Gasteiger partial charge in [0.15, 0.2) is 0 Å². The molecule has 1 aromatic rings. The summed E-state index contributed by atoms with van der Waals surface area (Å²) in [5, 5.41) is 3.43. The number of benzene rings is 1. The molecule has 2 nitrogen and oxygen atoms in total. The number of halogens is 1. The molecule has 0 bridgehead atoms. The van der Waals surface area contributed by atoms with Crippen LogP contribution >= 0.6 is 0 Å². The Morgan fingerprint density at radius 3 is 2.67 bits per heavy atom. The Morgan fingerprint density at radius 1 is 1.33 bits per heavy atom. The molecular weight excluding hydrogens is 229 g/mol. The summed E-state index contributed by atoms with van der Waals surface area (Å²) in [6.07, 6.45) is 2.20. The number of hydrogen-bond donors (Lipinski definition) is 1. The molecule has 3 heteroatoms. The van der Waals surface area contributed by atoms with Gasteiger partial charge in [-0.25, -0.2) is 4.39 Å². The van der Waals surface area contributed by atoms with E-state index in [-0.39, 0.29) is 11.9 Å². The van der Waals surface area contributed by atoms with E-state index in [0.717, 1.165) is 30.7 Å². The molecule has 0 aliphatic heterocycles. The zero-order chi connectivity index (χ0) is 13.5. The Hall–Kier alpha value is -1.09. The standard InChI is InChI=1S/C15H24FNO/c1-5-8-17-12(3)10-13(4)18-15-7-6-14(16)9-11(15)2/h6-7,9,12-13,17H,5,8,10H2,1-4H3. The molecule has 0 saturated heterocycles. The van der Waals surface area contributed by atoms with E-state index < -0.39 is 0 Å². The molecular formula is C15H24FNO. The van der Waals surface area contributed by atoms with Gasteiger partial charge in [-0.05, 0) is 63.9 Å². The lowest BCUT2D eigenvalue weighted by Crippen LogP contribution is -2.31. The molecule has 0 fully saturated rings. The van der Waals surface area contributed by atoms with Crippen LogP contribution in [0, 0.1) is 12.7 Å². The maximum Gasteiger partial charge on any atom is 0.123 e. The fraction of sp³-hybridized carbons (Fsp3) is 0.600. The molecule has 1 N–H and O–H groups in total. The van der Waals surface area contributed by atoms with Crippen molar-refractivity contribution in [1.82, 2.24) is 5.32 Å². The van der Waals surface area contributed by atoms with Crippen molar-refractivity contribution in [2.75, 3.05) is 6.54 Å². The first-order valence-electron chi connectivity index (χ1n) is 6.69. The van der Waals surface area contributed by atoms with E-state index in [1.807, 2.05) is 13.8 Å². The van der Waals surface area contributed by atoms with Crippen LogP contribution in [0.15, 0.2) is 18.2 Å². The second-order valence-corrected chi connectivity index (χ2v) is 4.93. The SMILES string of the molecule is CCCNC(C)CC(C)Oc1ccc(F)cc1C. The van der Waals surface area contributed by atoms with E-state index in [1.54, 1.807) is 6.07 Å². The van der Waals surface area contributed by atoms with Gasteiger partial charge in [0.1, 0.15) is 11.6 Å². The van der Waals surface area contributed by atoms with Crippen molar-refractivity contribution in [2.24, 2.45) is 0 Å². The predicted octanol–water partition coefficient (Wildman–Crippen LogP) is 3.68. The molecule has 18 heavy (non-hydrogen) atoms. The van der Waals surface area contributed by atoms with Crippen molar-refractivity contribution in [3.63, 3.8) is 0 Å². The third-order valence-corrected chi connectivity index (χ3v) is 2.89. The van der Waals surface area contributed by atoms with Crippen LogP contribution < -0.4 is 10.1 Å². The van der Waals surface area contributed by atoms with E-state index in [4.69, 9.17) is 4.74 Å². The quantitative estimate of drug-likeness (QED) is 0.800. The number of hydrogen-bond acceptors (Lipinski definition) is 2. The second kappa shape index (κ2) is 7.37. The molecule has 1 rings (SSSR count). The zero-order valence-corrected chi connectivity index (χ0v) is 11.8. The molecule has 1 aromatic carbocycles. The van der Waals surface area contributed by atoms with Gasteiger partial charge in [-0.15, -0.1) is 0 Å². The summed E-state index contributed by atoms with van der Waals surface area (Å²) in [7, 11) is 0. The van der Waals surface area contributed by atoms with Crippen molar-refractivity contribution in [2.45, 2.75) is 52.7 Å². The fourth-order valence-corrected chi connectivity index (χ4v) is 1.98. The van der Waals surface area contributed by atoms with Crippen LogP contribution in [0.3, 0.4) is 0 Å². The maximum atomic E-state index is 13.0. The van der Waals surface area contributed by atoms with E-state index in [0.29, 0.717) is 6.04 Å². The first kappa shape index (κ1) is 15.0. The predicted molar refractivity (Wildman–Crippen MR) is 73.6 cm³/mol. The van der Waals surface area contributed by atoms with Gasteiger partial charge in [-0.1, -0.05) is 6.92 Å². The minimum Gasteiger partial charge on any atom is -0.490 e. The lowest BCUT2D eigenvalue weighted by atomic mass is 10.1. The third-order valence-electron chi connectivity index (χ3n) is 2.89. The average molecular weight is 253 g/mol. The van der Waals surface area contributed by atoms with Crippen LogP contribution in [-0.4, -0.2) is 18.7 Å². The number of aryl methyl sites for hydroxylation is 1. The van der Waals surface area contributed by atoms with E-state index in [1.165, 1.54) is 12.1 Å². The second-order valence-electron chi connectivity index (χ2n) is 4.93. The highest BCUT2D eigenvalue weighted by atomic mass is 19.1. The van der Waals surface area contributed by atoms with Crippen LogP contribution in [0.1, 0.15) is 39.2 Å². The molecule has 102 valence electrons. The normalized spacial score (nSPS) is 14.3. The highest BCUT2D eigenvalue weighted by Crippen LogP contribution is 2.20. The molecule has 0 aliphatic carbocycles. The molecule has 0 aliphatic rings. The lowest BCUT2D eigenvalue weighted by molar-refractivity contribution is 0.194. The summed E-state index contributed by atoms with van der Waals surface area (Å²) in [6, 6.07) is 5.07. The smallest absolute Gasteiger partial charge is 0.123 e. The number of nitrogens with one attached hydrogen (secondary N) is 1. The van der Waals surface area contributed by atoms with Crippen LogP contribution in [0.5, 0.6) is 5.75 Å². The topological polar surface area (TPSA) is 21.3 Å². The molecule has 0 aromatic heterocycles. The largest absolute Gasteiger partial charge is 0.490 e. The Balaban J connectivity index is 2.46. The van der Waals surface area contributed by atoms with E-state index in [2.05, 4.69) is 19.2 Å². The number of rotatable bonds is 7. The minimum absolute atomic E-state index is 0.119. The summed E-state index contributed by atoms with van der Waals surface area (Å²) in [6.45, 7) is 9.26. The highest BCUT2D eigenvalue weighted by Gasteiger charge is 2.11. The molecule has 0 amide bonds. The maximum absolute atomic E-state index is 13.0. The summed E-state index contributed by atoms with van der Waals surface area (Å²) < 4.78 is 18.8. The monoisotopic (exact) mass is 253 g/mol. The Bertz CT molecular complexity index is 368. The minimum atomic E-state index is -0.217. The zero-order valence-electron chi connectivity index (χ0n) is 11.8. The van der Waals surface area contributed by atoms with Crippen LogP contribution in [0.2, 0.25) is 0 Å². The van der Waals surface area contributed by atoms with E-state index in [9.17, 15) is 4.39 Å². The summed E-state index contributed by atoms with van der Waals surface area (Å²) in [4.78, 5) is 0. The van der Waals surface area contributed by atoms with Gasteiger partial charge in [0, 0.05) is 6.04 Å². The van der Waals surface area contributed by atoms with E-state index >= 15 is 0 Å². The first-order valence-corrected chi connectivity index (χ1v) is 6.69. The molecule has 0 spiro atoms. The fourth-order valence-electron chi connectivity index (χ4n) is 1.98. The molecule has 0 radical (unpaired) electrons. The summed E-state index contributed by atoms with van der Waals surface area (Å²) in [5.74, 6) is 0.553. The summed E-state index contributed by atoms with van der Waals surface area (Å²) in [5.41, 5.74) is 0.844. The van der Waals surface area contributed by atoms with Crippen molar-refractivity contribution in [3.05, 3.63) is 29.6 Å². The van der Waals surface area contributed by atoms with Gasteiger partial charge in [-0.3, -0.25) is 0 Å². The molecule has 2 unspecified atom stereocenters. The summed E-state index contributed by atoms with van der Waals surface area (Å²) >= 11 is 0. The lowest BCUT2D eigenvalue weighted by Gasteiger charge is -2.20. The van der Waals surface area contributed by atoms with Gasteiger partial charge in [-0.2, -0.15) is 0 Å². The van der Waals surface area contributed by atoms with Crippen LogP contribution in [0.25, 0.3) is 0 Å². The Morgan fingerprint density at radius 2 is 2.06 bits per heavy atom. The first-order chi connectivity index (χ1) is 8.52.